The van der Waals surface area contributed by atoms with E-state index in [9.17, 15) is 14.7 Å². The van der Waals surface area contributed by atoms with Gasteiger partial charge in [-0.2, -0.15) is 3.96 Å². The Morgan fingerprint density at radius 3 is 2.88 bits per heavy atom. The second-order valence-corrected chi connectivity index (χ2v) is 6.52. The molecule has 130 valence electrons. The Balaban J connectivity index is 1.88. The minimum Gasteiger partial charge on any atom is -0.508 e. The Hall–Kier alpha value is -2.87. The van der Waals surface area contributed by atoms with E-state index in [1.54, 1.807) is 44.3 Å². The molecule has 8 heteroatoms. The van der Waals surface area contributed by atoms with Crippen LogP contribution in [0.15, 0.2) is 35.3 Å². The fraction of sp³-hybridized carbons (Fsp3) is 0.235. The first kappa shape index (κ1) is 17.0. The molecule has 0 aliphatic heterocycles. The van der Waals surface area contributed by atoms with Crippen LogP contribution in [0.5, 0.6) is 11.5 Å². The van der Waals surface area contributed by atoms with Gasteiger partial charge in [-0.1, -0.05) is 0 Å². The number of amides is 1. The molecule has 0 fully saturated rings. The highest BCUT2D eigenvalue weighted by Gasteiger charge is 2.18. The van der Waals surface area contributed by atoms with Crippen molar-refractivity contribution in [2.45, 2.75) is 19.9 Å². The van der Waals surface area contributed by atoms with Gasteiger partial charge >= 0.3 is 6.03 Å². The fourth-order valence-electron chi connectivity index (χ4n) is 2.48. The first-order chi connectivity index (χ1) is 11.9. The van der Waals surface area contributed by atoms with Gasteiger partial charge < -0.3 is 15.2 Å². The molecule has 1 amide bonds. The van der Waals surface area contributed by atoms with Gasteiger partial charge in [0.15, 0.2) is 0 Å². The summed E-state index contributed by atoms with van der Waals surface area (Å²) in [7, 11) is 1.51. The number of ether oxygens (including phenoxy) is 1. The molecular formula is C17H17N3O4S. The maximum atomic E-state index is 12.5. The highest BCUT2D eigenvalue weighted by molar-refractivity contribution is 7.14. The third kappa shape index (κ3) is 3.08. The van der Waals surface area contributed by atoms with E-state index in [-0.39, 0.29) is 5.75 Å². The van der Waals surface area contributed by atoms with E-state index in [4.69, 9.17) is 4.74 Å². The van der Waals surface area contributed by atoms with Crippen LogP contribution < -0.4 is 15.6 Å². The first-order valence-electron chi connectivity index (χ1n) is 7.57. The van der Waals surface area contributed by atoms with E-state index in [0.717, 1.165) is 15.5 Å². The number of aromatic hydroxyl groups is 1. The lowest BCUT2D eigenvalue weighted by molar-refractivity contribution is 0.241. The quantitative estimate of drug-likeness (QED) is 0.750. The zero-order valence-electron chi connectivity index (χ0n) is 13.9. The van der Waals surface area contributed by atoms with E-state index in [2.05, 4.69) is 10.3 Å². The van der Waals surface area contributed by atoms with Crippen molar-refractivity contribution in [3.63, 3.8) is 0 Å². The van der Waals surface area contributed by atoms with Gasteiger partial charge in [-0.25, -0.2) is 9.78 Å². The summed E-state index contributed by atoms with van der Waals surface area (Å²) in [5, 5.41) is 13.2. The molecule has 1 aromatic carbocycles. The minimum atomic E-state index is -0.542. The van der Waals surface area contributed by atoms with E-state index < -0.39 is 17.6 Å². The molecule has 1 atom stereocenters. The lowest BCUT2D eigenvalue weighted by Crippen LogP contribution is -2.34. The molecule has 0 aliphatic rings. The summed E-state index contributed by atoms with van der Waals surface area (Å²) >= 11 is 0.989. The predicted octanol–water partition coefficient (Wildman–Crippen LogP) is 2.80. The molecule has 2 aromatic heterocycles. The van der Waals surface area contributed by atoms with Crippen molar-refractivity contribution in [2.75, 3.05) is 7.11 Å². The molecule has 2 N–H and O–H groups in total. The number of carbonyl (C=O) groups excluding carboxylic acids is 1. The molecule has 3 rings (SSSR count). The van der Waals surface area contributed by atoms with Crippen LogP contribution in [0.3, 0.4) is 0 Å². The number of nitrogens with one attached hydrogen (secondary N) is 1. The van der Waals surface area contributed by atoms with Crippen LogP contribution >= 0.6 is 11.5 Å². The van der Waals surface area contributed by atoms with Crippen molar-refractivity contribution < 1.29 is 14.6 Å². The van der Waals surface area contributed by atoms with E-state index >= 15 is 0 Å². The number of fused-ring (bicyclic) bond motifs is 1. The van der Waals surface area contributed by atoms with Crippen LogP contribution in [0.25, 0.3) is 10.2 Å². The highest BCUT2D eigenvalue weighted by atomic mass is 32.1. The van der Waals surface area contributed by atoms with Crippen LogP contribution in [0.1, 0.15) is 24.1 Å². The molecule has 0 spiro atoms. The number of benzene rings is 1. The van der Waals surface area contributed by atoms with Crippen LogP contribution in [0, 0.1) is 6.92 Å². The van der Waals surface area contributed by atoms with E-state index in [1.165, 1.54) is 7.11 Å². The van der Waals surface area contributed by atoms with Gasteiger partial charge in [0.2, 0.25) is 0 Å². The Bertz CT molecular complexity index is 1010. The molecule has 7 nitrogen and oxygen atoms in total. The van der Waals surface area contributed by atoms with Crippen LogP contribution in [-0.2, 0) is 0 Å². The molecular weight excluding hydrogens is 342 g/mol. The number of phenolic OH excluding ortho intramolecular Hbond substituents is 1. The summed E-state index contributed by atoms with van der Waals surface area (Å²) in [4.78, 5) is 29.4. The topological polar surface area (TPSA) is 93.5 Å². The third-order valence-corrected chi connectivity index (χ3v) is 4.98. The highest BCUT2D eigenvalue weighted by Crippen LogP contribution is 2.31. The SMILES string of the molecule is COc1cc([C@@H](C)NC(=O)n2sc3ncccc3c2=O)cc(O)c1C. The molecule has 3 aromatic rings. The van der Waals surface area contributed by atoms with Crippen molar-refractivity contribution >= 4 is 27.8 Å². The number of rotatable bonds is 3. The van der Waals surface area contributed by atoms with Gasteiger partial charge in [-0.05, 0) is 55.2 Å². The van der Waals surface area contributed by atoms with Crippen molar-refractivity contribution in [3.05, 3.63) is 51.9 Å². The Kier molecular flexibility index (Phi) is 4.45. The number of phenols is 1. The third-order valence-electron chi connectivity index (χ3n) is 3.96. The zero-order valence-corrected chi connectivity index (χ0v) is 14.8. The van der Waals surface area contributed by atoms with Crippen LogP contribution in [-0.4, -0.2) is 27.2 Å². The Morgan fingerprint density at radius 2 is 2.20 bits per heavy atom. The van der Waals surface area contributed by atoms with Crippen molar-refractivity contribution in [3.8, 4) is 11.5 Å². The normalized spacial score (nSPS) is 12.1. The maximum absolute atomic E-state index is 12.5. The van der Waals surface area contributed by atoms with Crippen molar-refractivity contribution in [1.29, 1.82) is 0 Å². The number of carbonyl (C=O) groups is 1. The van der Waals surface area contributed by atoms with Gasteiger partial charge in [0.25, 0.3) is 5.56 Å². The minimum absolute atomic E-state index is 0.0821. The zero-order chi connectivity index (χ0) is 18.1. The second-order valence-electron chi connectivity index (χ2n) is 5.59. The number of hydrogen-bond acceptors (Lipinski definition) is 6. The fourth-order valence-corrected chi connectivity index (χ4v) is 3.33. The first-order valence-corrected chi connectivity index (χ1v) is 8.35. The van der Waals surface area contributed by atoms with Crippen molar-refractivity contribution in [1.82, 2.24) is 14.3 Å². The smallest absolute Gasteiger partial charge is 0.338 e. The number of hydrogen-bond donors (Lipinski definition) is 2. The van der Waals surface area contributed by atoms with Gasteiger partial charge in [-0.3, -0.25) is 4.79 Å². The monoisotopic (exact) mass is 359 g/mol. The molecule has 0 radical (unpaired) electrons. The molecule has 0 unspecified atom stereocenters. The number of methoxy groups -OCH3 is 1. The van der Waals surface area contributed by atoms with Crippen molar-refractivity contribution in [2.24, 2.45) is 0 Å². The second kappa shape index (κ2) is 6.56. The van der Waals surface area contributed by atoms with Crippen LogP contribution in [0.4, 0.5) is 4.79 Å². The number of pyridine rings is 1. The van der Waals surface area contributed by atoms with E-state index in [1.807, 2.05) is 0 Å². The Labute approximate surface area is 147 Å². The summed E-state index contributed by atoms with van der Waals surface area (Å²) in [6.45, 7) is 3.50. The number of aromatic nitrogens is 2. The molecule has 25 heavy (non-hydrogen) atoms. The van der Waals surface area contributed by atoms with Gasteiger partial charge in [0, 0.05) is 11.8 Å². The largest absolute Gasteiger partial charge is 0.508 e. The summed E-state index contributed by atoms with van der Waals surface area (Å²) in [5.74, 6) is 0.609. The lowest BCUT2D eigenvalue weighted by atomic mass is 10.0. The molecule has 0 saturated carbocycles. The summed E-state index contributed by atoms with van der Waals surface area (Å²) in [6.07, 6.45) is 1.57. The number of nitrogens with zero attached hydrogens (tertiary/aromatic N) is 2. The van der Waals surface area contributed by atoms with Gasteiger partial charge in [0.05, 0.1) is 18.5 Å². The Morgan fingerprint density at radius 1 is 1.44 bits per heavy atom. The average molecular weight is 359 g/mol. The van der Waals surface area contributed by atoms with E-state index in [0.29, 0.717) is 27.1 Å². The summed E-state index contributed by atoms with van der Waals surface area (Å²) in [6, 6.07) is 5.63. The summed E-state index contributed by atoms with van der Waals surface area (Å²) in [5.41, 5.74) is 0.888. The summed E-state index contributed by atoms with van der Waals surface area (Å²) < 4.78 is 6.27. The molecule has 0 saturated heterocycles. The maximum Gasteiger partial charge on any atom is 0.338 e. The van der Waals surface area contributed by atoms with Gasteiger partial charge in [0.1, 0.15) is 16.3 Å². The average Bonchev–Trinajstić information content (AvgIpc) is 2.94. The molecule has 0 bridgehead atoms. The molecule has 2 heterocycles. The predicted molar refractivity (Wildman–Crippen MR) is 95.6 cm³/mol. The van der Waals surface area contributed by atoms with Crippen LogP contribution in [0.2, 0.25) is 0 Å². The van der Waals surface area contributed by atoms with Gasteiger partial charge in [-0.15, -0.1) is 0 Å². The standard InChI is InChI=1S/C17H17N3O4S/c1-9-13(21)7-11(8-14(9)24-3)10(2)19-17(23)20-16(22)12-5-4-6-18-15(12)25-20/h4-8,10,21H,1-3H3,(H,19,23)/t10-/m1/s1. The molecule has 0 aliphatic carbocycles. The lowest BCUT2D eigenvalue weighted by Gasteiger charge is -2.16.